The van der Waals surface area contributed by atoms with E-state index in [-0.39, 0.29) is 4.90 Å². The van der Waals surface area contributed by atoms with Crippen LogP contribution in [0.4, 0.5) is 5.82 Å². The monoisotopic (exact) mass is 359 g/mol. The fraction of sp³-hybridized carbons (Fsp3) is 0.294. The lowest BCUT2D eigenvalue weighted by Gasteiger charge is -2.10. The number of thiophene rings is 1. The number of hydrogen-bond donors (Lipinski definition) is 1. The Morgan fingerprint density at radius 3 is 2.75 bits per heavy atom. The maximum Gasteiger partial charge on any atom is 0.263 e. The highest BCUT2D eigenvalue weighted by Crippen LogP contribution is 2.39. The molecular formula is C17H17N3O2S2. The van der Waals surface area contributed by atoms with E-state index < -0.39 is 10.0 Å². The third-order valence-electron chi connectivity index (χ3n) is 4.52. The van der Waals surface area contributed by atoms with Crippen LogP contribution in [0.25, 0.3) is 10.2 Å². The number of benzene rings is 1. The second-order valence-corrected chi connectivity index (χ2v) is 8.88. The number of rotatable bonds is 3. The Kier molecular flexibility index (Phi) is 3.58. The van der Waals surface area contributed by atoms with Gasteiger partial charge in [0.25, 0.3) is 10.0 Å². The van der Waals surface area contributed by atoms with E-state index in [0.717, 1.165) is 40.6 Å². The van der Waals surface area contributed by atoms with Gasteiger partial charge in [-0.1, -0.05) is 6.07 Å². The van der Waals surface area contributed by atoms with E-state index in [0.29, 0.717) is 5.82 Å². The van der Waals surface area contributed by atoms with Crippen molar-refractivity contribution in [2.75, 3.05) is 4.72 Å². The first-order chi connectivity index (χ1) is 11.5. The zero-order valence-electron chi connectivity index (χ0n) is 13.5. The quantitative estimate of drug-likeness (QED) is 0.775. The number of nitrogens with one attached hydrogen (secondary N) is 1. The molecule has 1 aliphatic rings. The van der Waals surface area contributed by atoms with Crippen LogP contribution in [-0.2, 0) is 22.9 Å². The average Bonchev–Trinajstić information content (AvgIpc) is 3.10. The van der Waals surface area contributed by atoms with E-state index in [4.69, 9.17) is 0 Å². The van der Waals surface area contributed by atoms with Gasteiger partial charge in [-0.05, 0) is 61.9 Å². The Hall–Kier alpha value is -1.99. The molecule has 0 amide bonds. The van der Waals surface area contributed by atoms with Crippen molar-refractivity contribution in [3.8, 4) is 0 Å². The molecule has 1 aliphatic carbocycles. The van der Waals surface area contributed by atoms with Crippen LogP contribution < -0.4 is 4.72 Å². The molecule has 2 aromatic heterocycles. The molecule has 5 nitrogen and oxygen atoms in total. The van der Waals surface area contributed by atoms with E-state index >= 15 is 0 Å². The highest BCUT2D eigenvalue weighted by atomic mass is 32.2. The van der Waals surface area contributed by atoms with Crippen molar-refractivity contribution in [1.82, 2.24) is 9.97 Å². The van der Waals surface area contributed by atoms with Gasteiger partial charge in [-0.2, -0.15) is 0 Å². The number of nitrogens with zero attached hydrogens (tertiary/aromatic N) is 2. The fourth-order valence-electron chi connectivity index (χ4n) is 3.07. The molecule has 0 spiro atoms. The highest BCUT2D eigenvalue weighted by Gasteiger charge is 2.24. The molecule has 0 bridgehead atoms. The largest absolute Gasteiger partial charge is 0.263 e. The van der Waals surface area contributed by atoms with Gasteiger partial charge in [0.15, 0.2) is 5.82 Å². The van der Waals surface area contributed by atoms with Crippen LogP contribution in [0.15, 0.2) is 29.4 Å². The van der Waals surface area contributed by atoms with Crippen LogP contribution in [0, 0.1) is 13.8 Å². The molecule has 0 atom stereocenters. The summed E-state index contributed by atoms with van der Waals surface area (Å²) in [7, 11) is -3.68. The number of fused-ring (bicyclic) bond motifs is 3. The van der Waals surface area contributed by atoms with Gasteiger partial charge < -0.3 is 0 Å². The highest BCUT2D eigenvalue weighted by molar-refractivity contribution is 7.92. The zero-order chi connectivity index (χ0) is 16.9. The van der Waals surface area contributed by atoms with Gasteiger partial charge in [-0.25, -0.2) is 18.4 Å². The minimum atomic E-state index is -3.68. The summed E-state index contributed by atoms with van der Waals surface area (Å²) in [4.78, 5) is 10.9. The van der Waals surface area contributed by atoms with E-state index in [9.17, 15) is 8.42 Å². The summed E-state index contributed by atoms with van der Waals surface area (Å²) in [6.45, 7) is 3.87. The molecule has 2 heterocycles. The third kappa shape index (κ3) is 2.48. The maximum absolute atomic E-state index is 12.8. The molecule has 0 saturated carbocycles. The van der Waals surface area contributed by atoms with Gasteiger partial charge in [0, 0.05) is 4.88 Å². The molecule has 7 heteroatoms. The van der Waals surface area contributed by atoms with Crippen LogP contribution in [-0.4, -0.2) is 18.4 Å². The molecule has 0 saturated heterocycles. The first-order valence-electron chi connectivity index (χ1n) is 7.81. The second kappa shape index (κ2) is 5.53. The van der Waals surface area contributed by atoms with Crippen molar-refractivity contribution >= 4 is 37.4 Å². The van der Waals surface area contributed by atoms with E-state index in [1.807, 2.05) is 19.9 Å². The molecule has 124 valence electrons. The maximum atomic E-state index is 12.8. The topological polar surface area (TPSA) is 72.0 Å². The van der Waals surface area contributed by atoms with Crippen molar-refractivity contribution in [3.63, 3.8) is 0 Å². The number of aromatic nitrogens is 2. The Labute approximate surface area is 144 Å². The summed E-state index contributed by atoms with van der Waals surface area (Å²) in [6.07, 6.45) is 4.53. The molecule has 0 unspecified atom stereocenters. The van der Waals surface area contributed by atoms with Crippen molar-refractivity contribution in [2.24, 2.45) is 0 Å². The summed E-state index contributed by atoms with van der Waals surface area (Å²) in [6, 6.07) is 5.14. The minimum absolute atomic E-state index is 0.254. The van der Waals surface area contributed by atoms with Crippen LogP contribution in [0.2, 0.25) is 0 Å². The number of hydrogen-bond acceptors (Lipinski definition) is 5. The number of sulfonamides is 1. The first kappa shape index (κ1) is 15.5. The predicted molar refractivity (Wildman–Crippen MR) is 96.2 cm³/mol. The van der Waals surface area contributed by atoms with Crippen molar-refractivity contribution in [1.29, 1.82) is 0 Å². The molecule has 3 aromatic rings. The second-order valence-electron chi connectivity index (χ2n) is 6.11. The Morgan fingerprint density at radius 2 is 1.96 bits per heavy atom. The van der Waals surface area contributed by atoms with Gasteiger partial charge in [-0.3, -0.25) is 4.72 Å². The summed E-state index contributed by atoms with van der Waals surface area (Å²) in [5.41, 5.74) is 3.21. The molecular weight excluding hydrogens is 342 g/mol. The lowest BCUT2D eigenvalue weighted by molar-refractivity contribution is 0.601. The molecule has 1 aromatic carbocycles. The van der Waals surface area contributed by atoms with Crippen molar-refractivity contribution < 1.29 is 8.42 Å². The SMILES string of the molecule is Cc1ccc(S(=O)(=O)Nc2ncnc3sc4c(c23)CCC4)cc1C. The van der Waals surface area contributed by atoms with E-state index in [2.05, 4.69) is 14.7 Å². The summed E-state index contributed by atoms with van der Waals surface area (Å²) < 4.78 is 28.2. The summed E-state index contributed by atoms with van der Waals surface area (Å²) in [5.74, 6) is 0.387. The number of anilines is 1. The summed E-state index contributed by atoms with van der Waals surface area (Å²) >= 11 is 1.64. The zero-order valence-corrected chi connectivity index (χ0v) is 15.1. The fourth-order valence-corrected chi connectivity index (χ4v) is 5.41. The Bertz CT molecular complexity index is 1060. The molecule has 24 heavy (non-hydrogen) atoms. The average molecular weight is 359 g/mol. The van der Waals surface area contributed by atoms with Gasteiger partial charge >= 0.3 is 0 Å². The molecule has 4 rings (SSSR count). The molecule has 0 fully saturated rings. The molecule has 0 aliphatic heterocycles. The Balaban J connectivity index is 1.80. The van der Waals surface area contributed by atoms with E-state index in [1.54, 1.807) is 23.5 Å². The molecule has 1 N–H and O–H groups in total. The van der Waals surface area contributed by atoms with Crippen LogP contribution in [0.3, 0.4) is 0 Å². The van der Waals surface area contributed by atoms with Gasteiger partial charge in [0.1, 0.15) is 11.2 Å². The summed E-state index contributed by atoms with van der Waals surface area (Å²) in [5, 5.41) is 0.863. The predicted octanol–water partition coefficient (Wildman–Crippen LogP) is 3.60. The standard InChI is InChI=1S/C17H17N3O2S2/c1-10-6-7-12(8-11(10)2)24(21,22)20-16-15-13-4-3-5-14(13)23-17(15)19-9-18-16/h6-9H,3-5H2,1-2H3,(H,18,19,20). The van der Waals surface area contributed by atoms with Crippen LogP contribution >= 0.6 is 11.3 Å². The van der Waals surface area contributed by atoms with Crippen LogP contribution in [0.1, 0.15) is 28.0 Å². The smallest absolute Gasteiger partial charge is 0.263 e. The van der Waals surface area contributed by atoms with Gasteiger partial charge in [0.05, 0.1) is 10.3 Å². The lowest BCUT2D eigenvalue weighted by Crippen LogP contribution is -2.14. The van der Waals surface area contributed by atoms with Gasteiger partial charge in [-0.15, -0.1) is 11.3 Å². The minimum Gasteiger partial charge on any atom is -0.263 e. The lowest BCUT2D eigenvalue weighted by atomic mass is 10.1. The Morgan fingerprint density at radius 1 is 1.12 bits per heavy atom. The normalized spacial score (nSPS) is 14.1. The van der Waals surface area contributed by atoms with Crippen molar-refractivity contribution in [3.05, 3.63) is 46.1 Å². The number of aryl methyl sites for hydroxylation is 4. The van der Waals surface area contributed by atoms with Gasteiger partial charge in [0.2, 0.25) is 0 Å². The van der Waals surface area contributed by atoms with E-state index in [1.165, 1.54) is 16.8 Å². The molecule has 0 radical (unpaired) electrons. The first-order valence-corrected chi connectivity index (χ1v) is 10.1. The van der Waals surface area contributed by atoms with Crippen molar-refractivity contribution in [2.45, 2.75) is 38.0 Å². The van der Waals surface area contributed by atoms with Crippen LogP contribution in [0.5, 0.6) is 0 Å². The third-order valence-corrected chi connectivity index (χ3v) is 7.06.